The van der Waals surface area contributed by atoms with Gasteiger partial charge in [0.2, 0.25) is 0 Å². The van der Waals surface area contributed by atoms with Gasteiger partial charge in [-0.15, -0.1) is 24.0 Å². The first-order valence-electron chi connectivity index (χ1n) is 9.71. The van der Waals surface area contributed by atoms with Gasteiger partial charge in [-0.05, 0) is 50.5 Å². The minimum atomic E-state index is -0.555. The molecule has 0 spiro atoms. The van der Waals surface area contributed by atoms with Crippen LogP contribution in [0.25, 0.3) is 0 Å². The predicted octanol–water partition coefficient (Wildman–Crippen LogP) is 3.66. The highest BCUT2D eigenvalue weighted by Gasteiger charge is 2.25. The van der Waals surface area contributed by atoms with E-state index in [1.807, 2.05) is 31.0 Å². The molecule has 0 radical (unpaired) electrons. The normalized spacial score (nSPS) is 16.5. The lowest BCUT2D eigenvalue weighted by molar-refractivity contribution is 0.580. The molecule has 1 aliphatic rings. The van der Waals surface area contributed by atoms with Gasteiger partial charge in [-0.25, -0.2) is 8.78 Å². The first-order valence-corrected chi connectivity index (χ1v) is 9.71. The Balaban J connectivity index is 0.00000300. The van der Waals surface area contributed by atoms with Gasteiger partial charge < -0.3 is 15.5 Å². The Morgan fingerprint density at radius 1 is 1.28 bits per heavy atom. The summed E-state index contributed by atoms with van der Waals surface area (Å²) in [5.41, 5.74) is 2.61. The Bertz CT molecular complexity index is 813. The molecule has 1 atom stereocenters. The highest BCUT2D eigenvalue weighted by molar-refractivity contribution is 14.0. The van der Waals surface area contributed by atoms with Crippen LogP contribution in [0.2, 0.25) is 0 Å². The average molecular weight is 515 g/mol. The number of hydrogen-bond donors (Lipinski definition) is 2. The summed E-state index contributed by atoms with van der Waals surface area (Å²) in [6, 6.07) is 7.96. The molecule has 29 heavy (non-hydrogen) atoms. The zero-order valence-electron chi connectivity index (χ0n) is 16.8. The summed E-state index contributed by atoms with van der Waals surface area (Å²) in [5, 5.41) is 6.69. The number of nitrogens with one attached hydrogen (secondary N) is 2. The number of guanidine groups is 1. The van der Waals surface area contributed by atoms with Crippen molar-refractivity contribution in [1.82, 2.24) is 15.6 Å². The molecule has 0 saturated carbocycles. The lowest BCUT2D eigenvalue weighted by Crippen LogP contribution is -2.44. The highest BCUT2D eigenvalue weighted by Crippen LogP contribution is 2.24. The molecule has 1 fully saturated rings. The summed E-state index contributed by atoms with van der Waals surface area (Å²) in [7, 11) is 0. The number of pyridine rings is 1. The highest BCUT2D eigenvalue weighted by atomic mass is 127. The van der Waals surface area contributed by atoms with Crippen molar-refractivity contribution in [3.63, 3.8) is 0 Å². The van der Waals surface area contributed by atoms with E-state index in [9.17, 15) is 8.78 Å². The van der Waals surface area contributed by atoms with Gasteiger partial charge in [-0.1, -0.05) is 6.07 Å². The third kappa shape index (κ3) is 6.80. The Labute approximate surface area is 188 Å². The Morgan fingerprint density at radius 2 is 2.10 bits per heavy atom. The van der Waals surface area contributed by atoms with Crippen molar-refractivity contribution in [2.24, 2.45) is 4.99 Å². The Morgan fingerprint density at radius 3 is 2.79 bits per heavy atom. The summed E-state index contributed by atoms with van der Waals surface area (Å²) in [6.45, 7) is 6.78. The van der Waals surface area contributed by atoms with E-state index in [1.165, 1.54) is 12.1 Å². The lowest BCUT2D eigenvalue weighted by atomic mass is 10.2. The fourth-order valence-electron chi connectivity index (χ4n) is 3.29. The molecule has 3 rings (SSSR count). The zero-order valence-corrected chi connectivity index (χ0v) is 19.1. The van der Waals surface area contributed by atoms with E-state index >= 15 is 0 Å². The number of rotatable bonds is 6. The lowest BCUT2D eigenvalue weighted by Gasteiger charge is -2.21. The van der Waals surface area contributed by atoms with Crippen molar-refractivity contribution < 1.29 is 8.78 Å². The van der Waals surface area contributed by atoms with Gasteiger partial charge in [-0.3, -0.25) is 9.98 Å². The maximum atomic E-state index is 14.0. The summed E-state index contributed by atoms with van der Waals surface area (Å²) < 4.78 is 27.2. The molecule has 8 heteroatoms. The largest absolute Gasteiger partial charge is 0.367 e. The first kappa shape index (κ1) is 23.3. The molecular weight excluding hydrogens is 487 g/mol. The minimum Gasteiger partial charge on any atom is -0.367 e. The average Bonchev–Trinajstić information content (AvgIpc) is 3.11. The van der Waals surface area contributed by atoms with E-state index in [4.69, 9.17) is 0 Å². The third-order valence-corrected chi connectivity index (χ3v) is 4.77. The van der Waals surface area contributed by atoms with E-state index < -0.39 is 11.6 Å². The monoisotopic (exact) mass is 515 g/mol. The van der Waals surface area contributed by atoms with Crippen LogP contribution in [0.3, 0.4) is 0 Å². The number of aromatic nitrogens is 1. The second kappa shape index (κ2) is 11.3. The smallest absolute Gasteiger partial charge is 0.191 e. The Hall–Kier alpha value is -1.97. The van der Waals surface area contributed by atoms with E-state index in [-0.39, 0.29) is 30.0 Å². The topological polar surface area (TPSA) is 52.6 Å². The maximum Gasteiger partial charge on any atom is 0.191 e. The van der Waals surface area contributed by atoms with Crippen molar-refractivity contribution >= 4 is 35.6 Å². The van der Waals surface area contributed by atoms with Gasteiger partial charge >= 0.3 is 0 Å². The Kier molecular flexibility index (Phi) is 9.06. The summed E-state index contributed by atoms with van der Waals surface area (Å²) in [4.78, 5) is 10.9. The number of benzene rings is 1. The van der Waals surface area contributed by atoms with Gasteiger partial charge in [0.25, 0.3) is 0 Å². The van der Waals surface area contributed by atoms with E-state index in [0.717, 1.165) is 42.7 Å². The minimum absolute atomic E-state index is 0. The molecule has 0 aliphatic carbocycles. The second-order valence-electron chi connectivity index (χ2n) is 6.99. The third-order valence-electron chi connectivity index (χ3n) is 4.77. The van der Waals surface area contributed by atoms with Crippen LogP contribution in [0.1, 0.15) is 24.6 Å². The van der Waals surface area contributed by atoms with Crippen molar-refractivity contribution in [2.75, 3.05) is 31.1 Å². The number of halogens is 3. The van der Waals surface area contributed by atoms with Gasteiger partial charge in [0.15, 0.2) is 5.96 Å². The van der Waals surface area contributed by atoms with Crippen LogP contribution in [0, 0.1) is 18.6 Å². The van der Waals surface area contributed by atoms with Gasteiger partial charge in [-0.2, -0.15) is 0 Å². The standard InChI is InChI=1S/C21H27F2N5.HI/c1-3-24-21(25-10-8-16-5-4-15(2)26-13-16)27-18-9-11-28(14-18)20-7-6-17(22)12-19(20)23;/h4-7,12-13,18H,3,8-11,14H2,1-2H3,(H2,24,25,27);1H. The van der Waals surface area contributed by atoms with Gasteiger partial charge in [0.1, 0.15) is 11.6 Å². The van der Waals surface area contributed by atoms with Crippen LogP contribution in [0.4, 0.5) is 14.5 Å². The molecule has 2 heterocycles. The number of aliphatic imine (C=N–C) groups is 1. The quantitative estimate of drug-likeness (QED) is 0.351. The number of anilines is 1. The fraction of sp³-hybridized carbons (Fsp3) is 0.429. The molecule has 1 aromatic heterocycles. The molecule has 1 aromatic carbocycles. The van der Waals surface area contributed by atoms with E-state index in [2.05, 4.69) is 26.7 Å². The van der Waals surface area contributed by atoms with Crippen LogP contribution < -0.4 is 15.5 Å². The van der Waals surface area contributed by atoms with Crippen LogP contribution in [0.15, 0.2) is 41.5 Å². The summed E-state index contributed by atoms with van der Waals surface area (Å²) >= 11 is 0. The van der Waals surface area contributed by atoms with Crippen molar-refractivity contribution in [2.45, 2.75) is 32.7 Å². The fourth-order valence-corrected chi connectivity index (χ4v) is 3.29. The summed E-state index contributed by atoms with van der Waals surface area (Å²) in [6.07, 6.45) is 3.57. The van der Waals surface area contributed by atoms with Crippen molar-refractivity contribution in [3.05, 3.63) is 59.4 Å². The molecular formula is C21H28F2IN5. The van der Waals surface area contributed by atoms with Crippen LogP contribution in [0.5, 0.6) is 0 Å². The van der Waals surface area contributed by atoms with Crippen LogP contribution in [-0.2, 0) is 6.42 Å². The van der Waals surface area contributed by atoms with Crippen LogP contribution >= 0.6 is 24.0 Å². The van der Waals surface area contributed by atoms with Gasteiger partial charge in [0.05, 0.1) is 5.69 Å². The molecule has 1 saturated heterocycles. The molecule has 0 amide bonds. The molecule has 0 bridgehead atoms. The van der Waals surface area contributed by atoms with E-state index in [1.54, 1.807) is 0 Å². The van der Waals surface area contributed by atoms with E-state index in [0.29, 0.717) is 25.3 Å². The predicted molar refractivity (Wildman–Crippen MR) is 124 cm³/mol. The molecule has 158 valence electrons. The maximum absolute atomic E-state index is 14.0. The van der Waals surface area contributed by atoms with Crippen LogP contribution in [-0.4, -0.2) is 43.2 Å². The first-order chi connectivity index (χ1) is 13.5. The van der Waals surface area contributed by atoms with Crippen molar-refractivity contribution in [3.8, 4) is 0 Å². The zero-order chi connectivity index (χ0) is 19.9. The number of nitrogens with zero attached hydrogens (tertiary/aromatic N) is 3. The number of aryl methyl sites for hydroxylation is 1. The molecule has 1 unspecified atom stereocenters. The summed E-state index contributed by atoms with van der Waals surface area (Å²) in [5.74, 6) is -0.317. The van der Waals surface area contributed by atoms with Gasteiger partial charge in [0, 0.05) is 50.2 Å². The molecule has 5 nitrogen and oxygen atoms in total. The number of hydrogen-bond acceptors (Lipinski definition) is 3. The second-order valence-corrected chi connectivity index (χ2v) is 6.99. The molecule has 2 N–H and O–H groups in total. The molecule has 1 aliphatic heterocycles. The molecule has 2 aromatic rings. The van der Waals surface area contributed by atoms with Crippen molar-refractivity contribution in [1.29, 1.82) is 0 Å². The SMILES string of the molecule is CCNC(=NCCc1ccc(C)nc1)NC1CCN(c2ccc(F)cc2F)C1.I.